The Balaban J connectivity index is 1.90. The summed E-state index contributed by atoms with van der Waals surface area (Å²) in [6.07, 6.45) is -0.552. The van der Waals surface area contributed by atoms with Crippen LogP contribution in [-0.2, 0) is 11.3 Å². The maximum Gasteiger partial charge on any atom is 0.407 e. The molecule has 1 aliphatic rings. The average Bonchev–Trinajstić information content (AvgIpc) is 2.51. The van der Waals surface area contributed by atoms with Crippen molar-refractivity contribution in [3.05, 3.63) is 34.1 Å². The molecule has 0 saturated heterocycles. The lowest BCUT2D eigenvalue weighted by Gasteiger charge is -2.18. The Kier molecular flexibility index (Phi) is 3.86. The van der Waals surface area contributed by atoms with E-state index in [2.05, 4.69) is 10.3 Å². The Bertz CT molecular complexity index is 768. The van der Waals surface area contributed by atoms with Gasteiger partial charge in [-0.2, -0.15) is 0 Å². The number of hydrogen-bond donors (Lipinski definition) is 2. The first-order valence-electron chi connectivity index (χ1n) is 7.03. The number of nitrogens with one attached hydrogen (secondary N) is 2. The van der Waals surface area contributed by atoms with Crippen LogP contribution in [0.1, 0.15) is 12.5 Å². The van der Waals surface area contributed by atoms with Gasteiger partial charge >= 0.3 is 6.09 Å². The van der Waals surface area contributed by atoms with Gasteiger partial charge in [0.05, 0.1) is 18.7 Å². The van der Waals surface area contributed by atoms with E-state index in [1.165, 1.54) is 0 Å². The van der Waals surface area contributed by atoms with E-state index in [9.17, 15) is 9.59 Å². The largest absolute Gasteiger partial charge is 0.486 e. The van der Waals surface area contributed by atoms with Gasteiger partial charge in [0.15, 0.2) is 11.5 Å². The minimum Gasteiger partial charge on any atom is -0.486 e. The number of pyridine rings is 1. The van der Waals surface area contributed by atoms with E-state index in [1.807, 2.05) is 6.07 Å². The number of ether oxygens (including phenoxy) is 3. The first kappa shape index (κ1) is 14.2. The maximum absolute atomic E-state index is 12.1. The van der Waals surface area contributed by atoms with Crippen molar-refractivity contribution < 1.29 is 19.0 Å². The van der Waals surface area contributed by atoms with Gasteiger partial charge in [-0.15, -0.1) is 0 Å². The molecule has 7 nitrogen and oxygen atoms in total. The molecule has 2 heterocycles. The van der Waals surface area contributed by atoms with Crippen LogP contribution in [0.3, 0.4) is 0 Å². The molecule has 2 N–H and O–H groups in total. The highest BCUT2D eigenvalue weighted by atomic mass is 16.6. The quantitative estimate of drug-likeness (QED) is 0.898. The summed E-state index contributed by atoms with van der Waals surface area (Å²) in [6, 6.07) is 5.28. The van der Waals surface area contributed by atoms with Gasteiger partial charge in [-0.3, -0.25) is 4.79 Å². The van der Waals surface area contributed by atoms with Gasteiger partial charge in [0.1, 0.15) is 13.2 Å². The summed E-state index contributed by atoms with van der Waals surface area (Å²) in [5, 5.41) is 3.34. The zero-order chi connectivity index (χ0) is 15.5. The van der Waals surface area contributed by atoms with Crippen molar-refractivity contribution in [3.63, 3.8) is 0 Å². The first-order chi connectivity index (χ1) is 10.7. The van der Waals surface area contributed by atoms with E-state index < -0.39 is 6.09 Å². The fraction of sp³-hybridized carbons (Fsp3) is 0.333. The summed E-state index contributed by atoms with van der Waals surface area (Å²) < 4.78 is 15.8. The van der Waals surface area contributed by atoms with Crippen molar-refractivity contribution >= 4 is 17.0 Å². The number of H-pyrrole nitrogens is 1. The van der Waals surface area contributed by atoms with Crippen LogP contribution in [0.5, 0.6) is 11.5 Å². The molecule has 2 aromatic rings. The van der Waals surface area contributed by atoms with E-state index in [0.717, 1.165) is 5.39 Å². The smallest absolute Gasteiger partial charge is 0.407 e. The Morgan fingerprint density at radius 2 is 2.00 bits per heavy atom. The zero-order valence-corrected chi connectivity index (χ0v) is 12.1. The summed E-state index contributed by atoms with van der Waals surface area (Å²) in [5.41, 5.74) is 0.840. The number of rotatable bonds is 3. The molecule has 1 amide bonds. The van der Waals surface area contributed by atoms with Crippen LogP contribution in [-0.4, -0.2) is 30.9 Å². The van der Waals surface area contributed by atoms with Crippen LogP contribution >= 0.6 is 0 Å². The number of carbonyl (C=O) groups excluding carboxylic acids is 1. The number of amides is 1. The van der Waals surface area contributed by atoms with E-state index in [0.29, 0.717) is 35.8 Å². The van der Waals surface area contributed by atoms with Gasteiger partial charge in [-0.05, 0) is 19.1 Å². The Labute approximate surface area is 126 Å². The van der Waals surface area contributed by atoms with Crippen LogP contribution in [0, 0.1) is 0 Å². The molecule has 1 aliphatic heterocycles. The highest BCUT2D eigenvalue weighted by Gasteiger charge is 2.14. The molecule has 0 atom stereocenters. The molecule has 0 aliphatic carbocycles. The normalized spacial score (nSPS) is 13.0. The third-order valence-electron chi connectivity index (χ3n) is 3.28. The Hall–Kier alpha value is -2.70. The van der Waals surface area contributed by atoms with Crippen LogP contribution in [0.15, 0.2) is 23.0 Å². The molecule has 1 aromatic heterocycles. The summed E-state index contributed by atoms with van der Waals surface area (Å²) in [7, 11) is 0. The molecule has 116 valence electrons. The fourth-order valence-electron chi connectivity index (χ4n) is 2.27. The highest BCUT2D eigenvalue weighted by molar-refractivity contribution is 5.83. The van der Waals surface area contributed by atoms with Gasteiger partial charge in [0, 0.05) is 17.0 Å². The van der Waals surface area contributed by atoms with E-state index >= 15 is 0 Å². The summed E-state index contributed by atoms with van der Waals surface area (Å²) in [4.78, 5) is 26.1. The first-order valence-corrected chi connectivity index (χ1v) is 7.03. The van der Waals surface area contributed by atoms with E-state index in [4.69, 9.17) is 14.2 Å². The van der Waals surface area contributed by atoms with Gasteiger partial charge in [-0.1, -0.05) is 0 Å². The SMILES string of the molecule is CCOC(=O)NCc1cc2cc3c(cc2[nH]c1=O)OCCO3. The molecule has 0 saturated carbocycles. The number of fused-ring (bicyclic) bond motifs is 2. The van der Waals surface area contributed by atoms with Crippen molar-refractivity contribution in [1.29, 1.82) is 0 Å². The number of hydrogen-bond acceptors (Lipinski definition) is 5. The lowest BCUT2D eigenvalue weighted by atomic mass is 10.1. The number of alkyl carbamates (subject to hydrolysis) is 1. The number of aromatic nitrogens is 1. The fourth-order valence-corrected chi connectivity index (χ4v) is 2.27. The van der Waals surface area contributed by atoms with Gasteiger partial charge in [0.25, 0.3) is 5.56 Å². The topological polar surface area (TPSA) is 89.7 Å². The van der Waals surface area contributed by atoms with Gasteiger partial charge in [-0.25, -0.2) is 4.79 Å². The molecular formula is C15H16N2O5. The Morgan fingerprint density at radius 3 is 2.73 bits per heavy atom. The Morgan fingerprint density at radius 1 is 1.27 bits per heavy atom. The van der Waals surface area contributed by atoms with Gasteiger partial charge in [0.2, 0.25) is 0 Å². The molecule has 7 heteroatoms. The van der Waals surface area contributed by atoms with Crippen LogP contribution in [0.4, 0.5) is 4.79 Å². The molecule has 0 unspecified atom stereocenters. The molecule has 0 radical (unpaired) electrons. The highest BCUT2D eigenvalue weighted by Crippen LogP contribution is 2.33. The second kappa shape index (κ2) is 5.97. The maximum atomic E-state index is 12.1. The van der Waals surface area contributed by atoms with E-state index in [1.54, 1.807) is 19.1 Å². The molecular weight excluding hydrogens is 288 g/mol. The molecule has 1 aromatic carbocycles. The zero-order valence-electron chi connectivity index (χ0n) is 12.1. The number of aromatic amines is 1. The summed E-state index contributed by atoms with van der Waals surface area (Å²) >= 11 is 0. The lowest BCUT2D eigenvalue weighted by molar-refractivity contribution is 0.151. The minimum atomic E-state index is -0.552. The summed E-state index contributed by atoms with van der Waals surface area (Å²) in [6.45, 7) is 3.08. The molecule has 0 fully saturated rings. The van der Waals surface area contributed by atoms with Crippen molar-refractivity contribution in [2.75, 3.05) is 19.8 Å². The van der Waals surface area contributed by atoms with Crippen LogP contribution < -0.4 is 20.3 Å². The monoisotopic (exact) mass is 304 g/mol. The number of benzene rings is 1. The van der Waals surface area contributed by atoms with Crippen LogP contribution in [0.25, 0.3) is 10.9 Å². The third-order valence-corrected chi connectivity index (χ3v) is 3.28. The second-order valence-corrected chi connectivity index (χ2v) is 4.78. The van der Waals surface area contributed by atoms with E-state index in [-0.39, 0.29) is 18.7 Å². The summed E-state index contributed by atoms with van der Waals surface area (Å²) in [5.74, 6) is 1.27. The van der Waals surface area contributed by atoms with Crippen molar-refractivity contribution in [1.82, 2.24) is 10.3 Å². The predicted octanol–water partition coefficient (Wildman–Crippen LogP) is 1.55. The van der Waals surface area contributed by atoms with Crippen molar-refractivity contribution in [2.24, 2.45) is 0 Å². The van der Waals surface area contributed by atoms with Gasteiger partial charge < -0.3 is 24.5 Å². The standard InChI is InChI=1S/C15H16N2O5/c1-2-20-15(19)16-8-10-5-9-6-12-13(22-4-3-21-12)7-11(9)17-14(10)18/h5-7H,2-4,8H2,1H3,(H,16,19)(H,17,18). The molecule has 3 rings (SSSR count). The molecule has 0 spiro atoms. The predicted molar refractivity (Wildman–Crippen MR) is 79.4 cm³/mol. The minimum absolute atomic E-state index is 0.0958. The second-order valence-electron chi connectivity index (χ2n) is 4.78. The van der Waals surface area contributed by atoms with Crippen LogP contribution in [0.2, 0.25) is 0 Å². The van der Waals surface area contributed by atoms with Crippen molar-refractivity contribution in [2.45, 2.75) is 13.5 Å². The third kappa shape index (κ3) is 2.83. The molecule has 0 bridgehead atoms. The number of carbonyl (C=O) groups is 1. The van der Waals surface area contributed by atoms with Crippen molar-refractivity contribution in [3.8, 4) is 11.5 Å². The average molecular weight is 304 g/mol. The molecule has 22 heavy (non-hydrogen) atoms. The lowest BCUT2D eigenvalue weighted by Crippen LogP contribution is -2.27.